The molecule has 4 nitrogen and oxygen atoms in total. The van der Waals surface area contributed by atoms with Crippen molar-refractivity contribution >= 4 is 11.6 Å². The number of rotatable bonds is 0. The molecule has 0 aromatic heterocycles. The van der Waals surface area contributed by atoms with Crippen molar-refractivity contribution in [2.24, 2.45) is 49.7 Å². The maximum Gasteiger partial charge on any atom is 0.178 e. The third kappa shape index (κ3) is 2.64. The van der Waals surface area contributed by atoms with E-state index >= 15 is 0 Å². The molecule has 0 spiro atoms. The summed E-state index contributed by atoms with van der Waals surface area (Å²) in [4.78, 5) is 27.7. The SMILES string of the molecule is CC1(C)CCC2(C#N)CC[C@@]3(C)[C@]4(C)CCC5C(C)(C)C(=O)C(C#N)=C[C@]5(C)C4=CC(=O)[C@]3(C)[C@H]2C1. The van der Waals surface area contributed by atoms with Gasteiger partial charge in [0.05, 0.1) is 17.1 Å². The average molecular weight is 487 g/mol. The normalized spacial score (nSPS) is 48.6. The van der Waals surface area contributed by atoms with Crippen molar-refractivity contribution < 1.29 is 9.59 Å². The van der Waals surface area contributed by atoms with Gasteiger partial charge in [-0.15, -0.1) is 0 Å². The molecule has 0 aromatic carbocycles. The Labute approximate surface area is 217 Å². The molecule has 0 aliphatic heterocycles. The number of hydrogen-bond acceptors (Lipinski definition) is 4. The Morgan fingerprint density at radius 1 is 0.861 bits per heavy atom. The molecular formula is C32H42N2O2. The summed E-state index contributed by atoms with van der Waals surface area (Å²) >= 11 is 0. The van der Waals surface area contributed by atoms with E-state index in [1.54, 1.807) is 0 Å². The van der Waals surface area contributed by atoms with E-state index in [9.17, 15) is 20.1 Å². The highest BCUT2D eigenvalue weighted by molar-refractivity contribution is 6.05. The molecule has 5 rings (SSSR count). The summed E-state index contributed by atoms with van der Waals surface area (Å²) in [5.74, 6) is 0.156. The third-order valence-corrected chi connectivity index (χ3v) is 12.9. The van der Waals surface area contributed by atoms with Crippen LogP contribution in [0.1, 0.15) is 100 Å². The minimum atomic E-state index is -0.655. The van der Waals surface area contributed by atoms with Gasteiger partial charge < -0.3 is 0 Å². The molecule has 5 aliphatic carbocycles. The van der Waals surface area contributed by atoms with Crippen LogP contribution in [0, 0.1) is 72.4 Å². The molecule has 3 saturated carbocycles. The van der Waals surface area contributed by atoms with Crippen molar-refractivity contribution in [3.63, 3.8) is 0 Å². The van der Waals surface area contributed by atoms with Crippen LogP contribution in [0.3, 0.4) is 0 Å². The molecule has 0 amide bonds. The fourth-order valence-electron chi connectivity index (χ4n) is 10.3. The second-order valence-electron chi connectivity index (χ2n) is 15.1. The number of nitrogens with zero attached hydrogens (tertiary/aromatic N) is 2. The van der Waals surface area contributed by atoms with E-state index in [1.807, 2.05) is 26.0 Å². The van der Waals surface area contributed by atoms with Crippen LogP contribution >= 0.6 is 0 Å². The van der Waals surface area contributed by atoms with E-state index in [0.29, 0.717) is 0 Å². The highest BCUT2D eigenvalue weighted by atomic mass is 16.1. The molecule has 3 fully saturated rings. The monoisotopic (exact) mass is 486 g/mol. The summed E-state index contributed by atoms with van der Waals surface area (Å²) < 4.78 is 0. The predicted octanol–water partition coefficient (Wildman–Crippen LogP) is 7.12. The van der Waals surface area contributed by atoms with Gasteiger partial charge in [-0.3, -0.25) is 9.59 Å². The summed E-state index contributed by atoms with van der Waals surface area (Å²) in [6, 6.07) is 4.95. The van der Waals surface area contributed by atoms with Crippen LogP contribution < -0.4 is 0 Å². The highest BCUT2D eigenvalue weighted by Gasteiger charge is 2.74. The lowest BCUT2D eigenvalue weighted by atomic mass is 9.30. The van der Waals surface area contributed by atoms with Gasteiger partial charge >= 0.3 is 0 Å². The first kappa shape index (κ1) is 25.4. The molecule has 0 heterocycles. The smallest absolute Gasteiger partial charge is 0.178 e. The maximum absolute atomic E-state index is 14.5. The summed E-state index contributed by atoms with van der Waals surface area (Å²) in [7, 11) is 0. The van der Waals surface area contributed by atoms with Crippen LogP contribution in [0.4, 0.5) is 0 Å². The molecule has 192 valence electrons. The number of carbonyl (C=O) groups excluding carboxylic acids is 2. The molecule has 0 bridgehead atoms. The molecule has 0 aromatic rings. The Bertz CT molecular complexity index is 1220. The fourth-order valence-corrected chi connectivity index (χ4v) is 10.3. The Morgan fingerprint density at radius 3 is 2.11 bits per heavy atom. The van der Waals surface area contributed by atoms with Crippen molar-refractivity contribution in [3.05, 3.63) is 23.3 Å². The quantitative estimate of drug-likeness (QED) is 0.365. The lowest BCUT2D eigenvalue weighted by Gasteiger charge is -2.72. The van der Waals surface area contributed by atoms with Gasteiger partial charge in [-0.25, -0.2) is 0 Å². The Balaban J connectivity index is 1.75. The van der Waals surface area contributed by atoms with Gasteiger partial charge in [-0.1, -0.05) is 67.0 Å². The number of ketones is 2. The summed E-state index contributed by atoms with van der Waals surface area (Å²) in [5.41, 5.74) is -1.34. The predicted molar refractivity (Wildman–Crippen MR) is 139 cm³/mol. The van der Waals surface area contributed by atoms with Crippen LogP contribution in [0.15, 0.2) is 23.3 Å². The lowest BCUT2D eigenvalue weighted by molar-refractivity contribution is -0.196. The second-order valence-corrected chi connectivity index (χ2v) is 15.1. The van der Waals surface area contributed by atoms with Crippen molar-refractivity contribution in [3.8, 4) is 12.1 Å². The molecule has 5 aliphatic rings. The number of carbonyl (C=O) groups is 2. The first-order valence-electron chi connectivity index (χ1n) is 13.9. The van der Waals surface area contributed by atoms with E-state index < -0.39 is 21.7 Å². The van der Waals surface area contributed by atoms with Gasteiger partial charge in [0.2, 0.25) is 0 Å². The van der Waals surface area contributed by atoms with Gasteiger partial charge in [-0.2, -0.15) is 10.5 Å². The van der Waals surface area contributed by atoms with E-state index in [0.717, 1.165) is 50.5 Å². The molecule has 0 radical (unpaired) electrons. The van der Waals surface area contributed by atoms with Crippen LogP contribution in [0.25, 0.3) is 0 Å². The largest absolute Gasteiger partial charge is 0.294 e. The lowest BCUT2D eigenvalue weighted by Crippen LogP contribution is -2.69. The summed E-state index contributed by atoms with van der Waals surface area (Å²) in [6.45, 7) is 17.6. The minimum absolute atomic E-state index is 0.0275. The molecule has 0 N–H and O–H groups in total. The number of Topliss-reactive ketones (excluding diaryl/α,β-unsaturated/α-hetero) is 1. The van der Waals surface area contributed by atoms with Crippen LogP contribution in [0.5, 0.6) is 0 Å². The van der Waals surface area contributed by atoms with Crippen molar-refractivity contribution in [2.45, 2.75) is 100 Å². The topological polar surface area (TPSA) is 81.7 Å². The number of nitriles is 2. The number of hydrogen-bond donors (Lipinski definition) is 0. The summed E-state index contributed by atoms with van der Waals surface area (Å²) in [5, 5.41) is 20.4. The molecule has 4 heteroatoms. The standard InChI is InChI=1S/C32H42N2O2/c1-26(2)11-13-32(19-34)14-12-30(7)29(6)10-9-21-27(3,4)25(36)20(18-33)16-28(21,5)22(29)15-24(35)31(30,8)23(32)17-26/h15-16,21,23H,9-14,17H2,1-8H3/t21?,23-,28+,29-,30+,31+,32?/m1/s1. The number of allylic oxidation sites excluding steroid dienone is 4. The minimum Gasteiger partial charge on any atom is -0.294 e. The van der Waals surface area contributed by atoms with Gasteiger partial charge in [-0.05, 0) is 79.1 Å². The molecule has 7 atom stereocenters. The zero-order valence-electron chi connectivity index (χ0n) is 23.5. The number of fused-ring (bicyclic) bond motifs is 7. The van der Waals surface area contributed by atoms with Crippen molar-refractivity contribution in [1.29, 1.82) is 10.5 Å². The third-order valence-electron chi connectivity index (χ3n) is 12.9. The Kier molecular flexibility index (Phi) is 4.95. The molecule has 2 unspecified atom stereocenters. The average Bonchev–Trinajstić information content (AvgIpc) is 2.80. The van der Waals surface area contributed by atoms with Gasteiger partial charge in [0.25, 0.3) is 0 Å². The van der Waals surface area contributed by atoms with Gasteiger partial charge in [0.15, 0.2) is 11.6 Å². The molecule has 0 saturated heterocycles. The van der Waals surface area contributed by atoms with Crippen LogP contribution in [-0.2, 0) is 9.59 Å². The molecular weight excluding hydrogens is 444 g/mol. The first-order valence-corrected chi connectivity index (χ1v) is 13.9. The zero-order valence-corrected chi connectivity index (χ0v) is 23.5. The van der Waals surface area contributed by atoms with Crippen LogP contribution in [0.2, 0.25) is 0 Å². The van der Waals surface area contributed by atoms with E-state index in [2.05, 4.69) is 53.7 Å². The van der Waals surface area contributed by atoms with E-state index in [4.69, 9.17) is 0 Å². The second kappa shape index (κ2) is 7.01. The first-order chi connectivity index (χ1) is 16.5. The van der Waals surface area contributed by atoms with Crippen molar-refractivity contribution in [2.75, 3.05) is 0 Å². The maximum atomic E-state index is 14.5. The van der Waals surface area contributed by atoms with Gasteiger partial charge in [0.1, 0.15) is 6.07 Å². The molecule has 36 heavy (non-hydrogen) atoms. The van der Waals surface area contributed by atoms with Crippen LogP contribution in [-0.4, -0.2) is 11.6 Å². The fraction of sp³-hybridized carbons (Fsp3) is 0.750. The Morgan fingerprint density at radius 2 is 1.50 bits per heavy atom. The van der Waals surface area contributed by atoms with E-state index in [1.165, 1.54) is 0 Å². The Hall–Kier alpha value is -2.20. The highest BCUT2D eigenvalue weighted by Crippen LogP contribution is 2.78. The zero-order chi connectivity index (χ0) is 26.7. The van der Waals surface area contributed by atoms with Crippen molar-refractivity contribution in [1.82, 2.24) is 0 Å². The summed E-state index contributed by atoms with van der Waals surface area (Å²) in [6.07, 6.45) is 10.1. The van der Waals surface area contributed by atoms with E-state index in [-0.39, 0.29) is 45.2 Å². The van der Waals surface area contributed by atoms with Gasteiger partial charge in [0, 0.05) is 16.2 Å².